The zero-order valence-corrected chi connectivity index (χ0v) is 14.0. The van der Waals surface area contributed by atoms with Crippen molar-refractivity contribution < 1.29 is 4.42 Å². The third-order valence-corrected chi connectivity index (χ3v) is 5.05. The molecule has 5 nitrogen and oxygen atoms in total. The smallest absolute Gasteiger partial charge is 0.336 e. The van der Waals surface area contributed by atoms with E-state index in [1.807, 2.05) is 12.1 Å². The van der Waals surface area contributed by atoms with Gasteiger partial charge >= 0.3 is 5.63 Å². The van der Waals surface area contributed by atoms with Crippen molar-refractivity contribution in [3.05, 3.63) is 71.9 Å². The lowest BCUT2D eigenvalue weighted by atomic mass is 10.0. The van der Waals surface area contributed by atoms with Gasteiger partial charge in [-0.1, -0.05) is 23.2 Å². The zero-order valence-electron chi connectivity index (χ0n) is 12.5. The molecule has 0 amide bonds. The van der Waals surface area contributed by atoms with Gasteiger partial charge in [-0.25, -0.2) is 9.48 Å². The minimum Gasteiger partial charge on any atom is -0.423 e. The topological polar surface area (TPSA) is 65.1 Å². The molecule has 0 N–H and O–H groups in total. The van der Waals surface area contributed by atoms with E-state index >= 15 is 0 Å². The summed E-state index contributed by atoms with van der Waals surface area (Å²) in [4.78, 5) is 24.1. The maximum Gasteiger partial charge on any atom is 0.336 e. The number of rotatable bonds is 2. The van der Waals surface area contributed by atoms with Gasteiger partial charge in [0.2, 0.25) is 0 Å². The normalized spacial score (nSPS) is 13.4. The van der Waals surface area contributed by atoms with Gasteiger partial charge in [0, 0.05) is 11.5 Å². The SMILES string of the molecule is O=c1cc(Cn2ncc(Cl)c(Cl)c2=O)c2cc3c(cc2o1)CCC3. The Balaban J connectivity index is 1.89. The molecular weight excluding hydrogens is 351 g/mol. The monoisotopic (exact) mass is 362 g/mol. The first-order valence-electron chi connectivity index (χ1n) is 7.52. The third kappa shape index (κ3) is 2.54. The lowest BCUT2D eigenvalue weighted by molar-refractivity contribution is 0.554. The van der Waals surface area contributed by atoms with Crippen LogP contribution in [0.15, 0.2) is 38.4 Å². The predicted molar refractivity (Wildman–Crippen MR) is 92.1 cm³/mol. The molecule has 2 heterocycles. The fourth-order valence-electron chi connectivity index (χ4n) is 3.14. The number of benzene rings is 1. The van der Waals surface area contributed by atoms with E-state index in [1.54, 1.807) is 0 Å². The summed E-state index contributed by atoms with van der Waals surface area (Å²) in [5.41, 5.74) is 2.73. The summed E-state index contributed by atoms with van der Waals surface area (Å²) in [6.07, 6.45) is 4.41. The molecule has 1 aliphatic carbocycles. The van der Waals surface area contributed by atoms with E-state index in [9.17, 15) is 9.59 Å². The molecule has 2 aromatic heterocycles. The Morgan fingerprint density at radius 1 is 1.12 bits per heavy atom. The molecule has 1 aromatic carbocycles. The minimum absolute atomic E-state index is 0.0835. The summed E-state index contributed by atoms with van der Waals surface area (Å²) in [5, 5.41) is 4.83. The van der Waals surface area contributed by atoms with E-state index < -0.39 is 11.2 Å². The molecule has 0 aliphatic heterocycles. The number of fused-ring (bicyclic) bond motifs is 2. The van der Waals surface area contributed by atoms with Crippen LogP contribution in [0.5, 0.6) is 0 Å². The Hall–Kier alpha value is -2.11. The first-order valence-corrected chi connectivity index (χ1v) is 8.28. The highest BCUT2D eigenvalue weighted by Gasteiger charge is 2.16. The summed E-state index contributed by atoms with van der Waals surface area (Å²) < 4.78 is 6.52. The summed E-state index contributed by atoms with van der Waals surface area (Å²) in [7, 11) is 0. The fraction of sp³-hybridized carbons (Fsp3) is 0.235. The van der Waals surface area contributed by atoms with Crippen LogP contribution in [0.2, 0.25) is 10.0 Å². The molecule has 4 rings (SSSR count). The van der Waals surface area contributed by atoms with Crippen molar-refractivity contribution in [2.24, 2.45) is 0 Å². The molecule has 0 spiro atoms. The van der Waals surface area contributed by atoms with E-state index in [-0.39, 0.29) is 16.6 Å². The second-order valence-corrected chi connectivity index (χ2v) is 6.62. The van der Waals surface area contributed by atoms with Crippen molar-refractivity contribution in [3.8, 4) is 0 Å². The molecule has 1 aliphatic rings. The van der Waals surface area contributed by atoms with E-state index in [0.29, 0.717) is 11.1 Å². The Morgan fingerprint density at radius 3 is 2.67 bits per heavy atom. The minimum atomic E-state index is -0.494. The molecule has 0 unspecified atom stereocenters. The van der Waals surface area contributed by atoms with Crippen LogP contribution in [-0.4, -0.2) is 9.78 Å². The maximum absolute atomic E-state index is 12.2. The van der Waals surface area contributed by atoms with Crippen LogP contribution in [0.1, 0.15) is 23.1 Å². The average Bonchev–Trinajstić information content (AvgIpc) is 3.00. The van der Waals surface area contributed by atoms with Crippen molar-refractivity contribution in [3.63, 3.8) is 0 Å². The van der Waals surface area contributed by atoms with E-state index in [1.165, 1.54) is 28.1 Å². The molecule has 0 saturated carbocycles. The van der Waals surface area contributed by atoms with Crippen LogP contribution in [-0.2, 0) is 19.4 Å². The van der Waals surface area contributed by atoms with Crippen molar-refractivity contribution in [2.75, 3.05) is 0 Å². The number of hydrogen-bond acceptors (Lipinski definition) is 4. The summed E-state index contributed by atoms with van der Waals surface area (Å²) in [6, 6.07) is 5.35. The van der Waals surface area contributed by atoms with Gasteiger partial charge in [-0.3, -0.25) is 4.79 Å². The van der Waals surface area contributed by atoms with E-state index in [0.717, 1.165) is 24.6 Å². The molecule has 3 aromatic rings. The fourth-order valence-corrected chi connectivity index (χ4v) is 3.42. The predicted octanol–water partition coefficient (Wildman–Crippen LogP) is 3.19. The van der Waals surface area contributed by atoms with Gasteiger partial charge < -0.3 is 4.42 Å². The van der Waals surface area contributed by atoms with Gasteiger partial charge in [0.25, 0.3) is 5.56 Å². The quantitative estimate of drug-likeness (QED) is 0.656. The number of hydrogen-bond donors (Lipinski definition) is 0. The van der Waals surface area contributed by atoms with Crippen molar-refractivity contribution >= 4 is 34.2 Å². The van der Waals surface area contributed by atoms with Crippen molar-refractivity contribution in [1.29, 1.82) is 0 Å². The van der Waals surface area contributed by atoms with E-state index in [2.05, 4.69) is 5.10 Å². The van der Waals surface area contributed by atoms with Crippen LogP contribution < -0.4 is 11.2 Å². The maximum atomic E-state index is 12.2. The summed E-state index contributed by atoms with van der Waals surface area (Å²) in [6.45, 7) is 0.122. The van der Waals surface area contributed by atoms with Gasteiger partial charge in [-0.2, -0.15) is 5.10 Å². The van der Waals surface area contributed by atoms with Gasteiger partial charge in [0.1, 0.15) is 10.6 Å². The lowest BCUT2D eigenvalue weighted by Crippen LogP contribution is -2.24. The molecular formula is C17H12Cl2N2O3. The number of halogens is 2. The Morgan fingerprint density at radius 2 is 1.88 bits per heavy atom. The molecule has 0 bridgehead atoms. The average molecular weight is 363 g/mol. The molecule has 122 valence electrons. The molecule has 0 fully saturated rings. The summed E-state index contributed by atoms with van der Waals surface area (Å²) >= 11 is 11.7. The second kappa shape index (κ2) is 5.76. The molecule has 0 saturated heterocycles. The number of aromatic nitrogens is 2. The lowest BCUT2D eigenvalue weighted by Gasteiger charge is -2.09. The van der Waals surface area contributed by atoms with Gasteiger partial charge in [-0.15, -0.1) is 0 Å². The van der Waals surface area contributed by atoms with Crippen molar-refractivity contribution in [1.82, 2.24) is 9.78 Å². The second-order valence-electron chi connectivity index (χ2n) is 5.83. The summed E-state index contributed by atoms with van der Waals surface area (Å²) in [5.74, 6) is 0. The van der Waals surface area contributed by atoms with Crippen LogP contribution in [0.25, 0.3) is 11.0 Å². The highest BCUT2D eigenvalue weighted by molar-refractivity contribution is 6.41. The largest absolute Gasteiger partial charge is 0.423 e. The Labute approximate surface area is 146 Å². The third-order valence-electron chi connectivity index (χ3n) is 4.31. The van der Waals surface area contributed by atoms with Crippen LogP contribution in [0.4, 0.5) is 0 Å². The van der Waals surface area contributed by atoms with Gasteiger partial charge in [0.05, 0.1) is 17.8 Å². The van der Waals surface area contributed by atoms with Crippen LogP contribution in [0, 0.1) is 0 Å². The van der Waals surface area contributed by atoms with Crippen LogP contribution >= 0.6 is 23.2 Å². The first-order chi connectivity index (χ1) is 11.5. The molecule has 0 radical (unpaired) electrons. The van der Waals surface area contributed by atoms with Crippen LogP contribution in [0.3, 0.4) is 0 Å². The van der Waals surface area contributed by atoms with Gasteiger partial charge in [0.15, 0.2) is 0 Å². The Kier molecular flexibility index (Phi) is 3.70. The Bertz CT molecular complexity index is 1090. The standard InChI is InChI=1S/C17H12Cl2N2O3/c18-13-7-20-21(17(23)16(13)19)8-11-6-15(22)24-14-5-10-3-1-2-9(10)4-12(11)14/h4-7H,1-3,8H2. The molecule has 0 atom stereocenters. The van der Waals surface area contributed by atoms with E-state index in [4.69, 9.17) is 27.6 Å². The van der Waals surface area contributed by atoms with Gasteiger partial charge in [-0.05, 0) is 48.1 Å². The first kappa shape index (κ1) is 15.4. The highest BCUT2D eigenvalue weighted by atomic mass is 35.5. The van der Waals surface area contributed by atoms with Crippen molar-refractivity contribution in [2.45, 2.75) is 25.8 Å². The number of aryl methyl sites for hydroxylation is 2. The zero-order chi connectivity index (χ0) is 16.8. The molecule has 7 heteroatoms. The number of nitrogens with zero attached hydrogens (tertiary/aromatic N) is 2. The molecule has 24 heavy (non-hydrogen) atoms. The highest BCUT2D eigenvalue weighted by Crippen LogP contribution is 2.28.